The van der Waals surface area contributed by atoms with Gasteiger partial charge in [0.25, 0.3) is 0 Å². The maximum Gasteiger partial charge on any atom is 0.513 e. The van der Waals surface area contributed by atoms with E-state index in [1.807, 2.05) is 0 Å². The third kappa shape index (κ3) is 3.64. The third-order valence-corrected chi connectivity index (χ3v) is 3.43. The van der Waals surface area contributed by atoms with E-state index >= 15 is 0 Å². The molecule has 0 amide bonds. The van der Waals surface area contributed by atoms with Crippen molar-refractivity contribution in [2.45, 2.75) is 39.0 Å². The second-order valence-electron chi connectivity index (χ2n) is 3.69. The number of rotatable bonds is 4. The monoisotopic (exact) mass is 228 g/mol. The van der Waals surface area contributed by atoms with Crippen molar-refractivity contribution in [2.24, 2.45) is 5.92 Å². The molecule has 1 fully saturated rings. The summed E-state index contributed by atoms with van der Waals surface area (Å²) in [4.78, 5) is 0. The van der Waals surface area contributed by atoms with Gasteiger partial charge in [-0.1, -0.05) is 6.92 Å². The first-order valence-corrected chi connectivity index (χ1v) is 6.11. The van der Waals surface area contributed by atoms with Crippen LogP contribution in [0.1, 0.15) is 26.7 Å². The smallest absolute Gasteiger partial charge is 0.281 e. The lowest BCUT2D eigenvalue weighted by Crippen LogP contribution is -2.14. The SMILES string of the molecule is CC(F)C(C)CCC1COP(=O)(F)O1. The quantitative estimate of drug-likeness (QED) is 0.693. The first kappa shape index (κ1) is 12.1. The molecule has 4 atom stereocenters. The van der Waals surface area contributed by atoms with Gasteiger partial charge in [-0.15, -0.1) is 4.20 Å². The van der Waals surface area contributed by atoms with Crippen molar-refractivity contribution in [3.8, 4) is 0 Å². The minimum atomic E-state index is -4.28. The van der Waals surface area contributed by atoms with Crippen LogP contribution in [0.3, 0.4) is 0 Å². The second kappa shape index (κ2) is 4.69. The first-order chi connectivity index (χ1) is 6.41. The van der Waals surface area contributed by atoms with Crippen LogP contribution in [0.15, 0.2) is 0 Å². The summed E-state index contributed by atoms with van der Waals surface area (Å²) in [6, 6.07) is 0. The summed E-state index contributed by atoms with van der Waals surface area (Å²) in [7, 11) is -4.28. The highest BCUT2D eigenvalue weighted by atomic mass is 31.2. The lowest BCUT2D eigenvalue weighted by molar-refractivity contribution is 0.182. The molecule has 1 aliphatic rings. The number of hydrogen-bond acceptors (Lipinski definition) is 3. The van der Waals surface area contributed by atoms with Crippen LogP contribution in [-0.2, 0) is 13.6 Å². The van der Waals surface area contributed by atoms with Gasteiger partial charge in [-0.2, -0.15) is 0 Å². The zero-order valence-electron chi connectivity index (χ0n) is 8.28. The van der Waals surface area contributed by atoms with Crippen LogP contribution in [-0.4, -0.2) is 18.9 Å². The number of hydrogen-bond donors (Lipinski definition) is 0. The van der Waals surface area contributed by atoms with Gasteiger partial charge in [0, 0.05) is 0 Å². The van der Waals surface area contributed by atoms with Crippen LogP contribution >= 0.6 is 7.91 Å². The van der Waals surface area contributed by atoms with Crippen LogP contribution in [0.4, 0.5) is 8.59 Å². The van der Waals surface area contributed by atoms with Gasteiger partial charge in [0.15, 0.2) is 0 Å². The van der Waals surface area contributed by atoms with E-state index in [-0.39, 0.29) is 12.5 Å². The normalized spacial score (nSPS) is 37.0. The Kier molecular flexibility index (Phi) is 4.04. The lowest BCUT2D eigenvalue weighted by atomic mass is 9.99. The molecular weight excluding hydrogens is 213 g/mol. The van der Waals surface area contributed by atoms with Gasteiger partial charge in [0.05, 0.1) is 18.9 Å². The van der Waals surface area contributed by atoms with Gasteiger partial charge in [-0.05, 0) is 25.7 Å². The van der Waals surface area contributed by atoms with Gasteiger partial charge in [0.1, 0.15) is 0 Å². The van der Waals surface area contributed by atoms with Crippen LogP contribution in [0.25, 0.3) is 0 Å². The Hall–Kier alpha value is 0.01000. The van der Waals surface area contributed by atoms with Crippen molar-refractivity contribution in [1.29, 1.82) is 0 Å². The second-order valence-corrected chi connectivity index (χ2v) is 5.02. The third-order valence-electron chi connectivity index (χ3n) is 2.42. The fraction of sp³-hybridized carbons (Fsp3) is 1.00. The largest absolute Gasteiger partial charge is 0.513 e. The average molecular weight is 228 g/mol. The number of halogens is 2. The first-order valence-electron chi connectivity index (χ1n) is 4.67. The van der Waals surface area contributed by atoms with Crippen molar-refractivity contribution in [3.63, 3.8) is 0 Å². The Morgan fingerprint density at radius 3 is 2.64 bits per heavy atom. The molecule has 6 heteroatoms. The van der Waals surface area contributed by atoms with Gasteiger partial charge >= 0.3 is 7.91 Å². The molecule has 4 unspecified atom stereocenters. The van der Waals surface area contributed by atoms with Gasteiger partial charge in [0.2, 0.25) is 0 Å². The average Bonchev–Trinajstić information content (AvgIpc) is 2.41. The molecule has 0 aromatic carbocycles. The maximum atomic E-state index is 12.7. The molecule has 1 heterocycles. The maximum absolute atomic E-state index is 12.7. The Morgan fingerprint density at radius 2 is 2.21 bits per heavy atom. The van der Waals surface area contributed by atoms with Crippen molar-refractivity contribution in [1.82, 2.24) is 0 Å². The predicted molar refractivity (Wildman–Crippen MR) is 48.5 cm³/mol. The molecule has 0 N–H and O–H groups in total. The van der Waals surface area contributed by atoms with Crippen molar-refractivity contribution >= 4 is 7.91 Å². The zero-order valence-corrected chi connectivity index (χ0v) is 9.18. The molecule has 0 aromatic heterocycles. The fourth-order valence-corrected chi connectivity index (χ4v) is 2.15. The van der Waals surface area contributed by atoms with Crippen LogP contribution in [0, 0.1) is 5.92 Å². The van der Waals surface area contributed by atoms with E-state index in [9.17, 15) is 13.2 Å². The molecule has 1 rings (SSSR count). The van der Waals surface area contributed by atoms with Crippen molar-refractivity contribution in [2.75, 3.05) is 6.61 Å². The molecule has 0 aromatic rings. The molecule has 1 saturated heterocycles. The molecular formula is C8H15F2O3P. The van der Waals surface area contributed by atoms with E-state index in [4.69, 9.17) is 0 Å². The predicted octanol–water partition coefficient (Wildman–Crippen LogP) is 3.25. The van der Waals surface area contributed by atoms with Gasteiger partial charge < -0.3 is 0 Å². The molecule has 0 aliphatic carbocycles. The fourth-order valence-electron chi connectivity index (χ4n) is 1.23. The molecule has 0 spiro atoms. The highest BCUT2D eigenvalue weighted by Crippen LogP contribution is 2.56. The number of alkyl halides is 1. The molecule has 84 valence electrons. The minimum absolute atomic E-state index is 0.00116. The lowest BCUT2D eigenvalue weighted by Gasteiger charge is -2.13. The summed E-state index contributed by atoms with van der Waals surface area (Å²) < 4.78 is 44.8. The van der Waals surface area contributed by atoms with E-state index in [0.29, 0.717) is 12.8 Å². The van der Waals surface area contributed by atoms with E-state index in [2.05, 4.69) is 9.05 Å². The Balaban J connectivity index is 2.24. The summed E-state index contributed by atoms with van der Waals surface area (Å²) in [6.07, 6.45) is -0.337. The van der Waals surface area contributed by atoms with Gasteiger partial charge in [-0.3, -0.25) is 9.05 Å². The summed E-state index contributed by atoms with van der Waals surface area (Å²) in [5, 5.41) is 0. The van der Waals surface area contributed by atoms with Crippen molar-refractivity contribution < 1.29 is 22.2 Å². The summed E-state index contributed by atoms with van der Waals surface area (Å²) in [5.41, 5.74) is 0. The van der Waals surface area contributed by atoms with E-state index in [1.54, 1.807) is 6.92 Å². The molecule has 0 bridgehead atoms. The van der Waals surface area contributed by atoms with Crippen molar-refractivity contribution in [3.05, 3.63) is 0 Å². The summed E-state index contributed by atoms with van der Waals surface area (Å²) in [6.45, 7) is 3.26. The Morgan fingerprint density at radius 1 is 1.57 bits per heavy atom. The Bertz CT molecular complexity index is 235. The Labute approximate surface area is 82.4 Å². The van der Waals surface area contributed by atoms with Gasteiger partial charge in [-0.25, -0.2) is 8.96 Å². The minimum Gasteiger partial charge on any atom is -0.281 e. The van der Waals surface area contributed by atoms with Crippen LogP contribution in [0.5, 0.6) is 0 Å². The molecule has 0 radical (unpaired) electrons. The van der Waals surface area contributed by atoms with E-state index in [1.165, 1.54) is 6.92 Å². The van der Waals surface area contributed by atoms with E-state index < -0.39 is 20.2 Å². The molecule has 1 aliphatic heterocycles. The summed E-state index contributed by atoms with van der Waals surface area (Å²) >= 11 is 0. The zero-order chi connectivity index (χ0) is 10.8. The van der Waals surface area contributed by atoms with E-state index in [0.717, 1.165) is 0 Å². The highest BCUT2D eigenvalue weighted by Gasteiger charge is 2.37. The summed E-state index contributed by atoms with van der Waals surface area (Å²) in [5.74, 6) is -0.0989. The topological polar surface area (TPSA) is 35.5 Å². The van der Waals surface area contributed by atoms with Crippen LogP contribution in [0.2, 0.25) is 0 Å². The molecule has 14 heavy (non-hydrogen) atoms. The highest BCUT2D eigenvalue weighted by molar-refractivity contribution is 7.48. The molecule has 3 nitrogen and oxygen atoms in total. The standard InChI is InChI=1S/C8H15F2O3P/c1-6(7(2)9)3-4-8-5-12-14(10,11)13-8/h6-8H,3-5H2,1-2H3. The molecule has 0 saturated carbocycles. The van der Waals surface area contributed by atoms with Crippen LogP contribution < -0.4 is 0 Å².